The van der Waals surface area contributed by atoms with Gasteiger partial charge in [0.05, 0.1) is 6.61 Å². The predicted molar refractivity (Wildman–Crippen MR) is 123 cm³/mol. The molecule has 0 heterocycles. The Kier molecular flexibility index (Phi) is 8.43. The van der Waals surface area contributed by atoms with Crippen LogP contribution in [0, 0.1) is 5.92 Å². The van der Waals surface area contributed by atoms with Gasteiger partial charge in [0.2, 0.25) is 5.91 Å². The van der Waals surface area contributed by atoms with Crippen LogP contribution in [0.3, 0.4) is 0 Å². The molecule has 1 aliphatic carbocycles. The first kappa shape index (κ1) is 24.3. The molecule has 8 nitrogen and oxygen atoms in total. The lowest BCUT2D eigenvalue weighted by Crippen LogP contribution is -2.51. The van der Waals surface area contributed by atoms with Crippen LogP contribution < -0.4 is 10.6 Å². The third kappa shape index (κ3) is 6.10. The Hall–Kier alpha value is -3.39. The zero-order valence-electron chi connectivity index (χ0n) is 18.9. The van der Waals surface area contributed by atoms with E-state index in [1.165, 1.54) is 0 Å². The van der Waals surface area contributed by atoms with Crippen molar-refractivity contribution < 1.29 is 29.0 Å². The number of aliphatic carboxylic acids is 1. The minimum atomic E-state index is -1.07. The second-order valence-corrected chi connectivity index (χ2v) is 8.07. The van der Waals surface area contributed by atoms with Crippen LogP contribution in [0.5, 0.6) is 0 Å². The molecule has 0 fully saturated rings. The van der Waals surface area contributed by atoms with E-state index in [-0.39, 0.29) is 37.5 Å². The number of hydrogen-bond donors (Lipinski definition) is 3. The maximum atomic E-state index is 12.6. The first-order chi connectivity index (χ1) is 15.9. The van der Waals surface area contributed by atoms with Crippen LogP contribution in [0.2, 0.25) is 0 Å². The number of alkyl carbamates (subject to hydrolysis) is 1. The second-order valence-electron chi connectivity index (χ2n) is 8.07. The van der Waals surface area contributed by atoms with E-state index in [4.69, 9.17) is 14.6 Å². The summed E-state index contributed by atoms with van der Waals surface area (Å²) < 4.78 is 10.5. The Bertz CT molecular complexity index is 947. The number of nitrogens with one attached hydrogen (secondary N) is 2. The van der Waals surface area contributed by atoms with Crippen molar-refractivity contribution in [3.63, 3.8) is 0 Å². The van der Waals surface area contributed by atoms with Gasteiger partial charge in [0, 0.05) is 12.5 Å². The van der Waals surface area contributed by atoms with Crippen LogP contribution in [-0.2, 0) is 19.1 Å². The average molecular weight is 455 g/mol. The topological polar surface area (TPSA) is 114 Å². The lowest BCUT2D eigenvalue weighted by Gasteiger charge is -2.24. The molecule has 2 aromatic carbocycles. The maximum Gasteiger partial charge on any atom is 0.407 e. The molecule has 2 aromatic rings. The summed E-state index contributed by atoms with van der Waals surface area (Å²) in [5.41, 5.74) is 4.52. The summed E-state index contributed by atoms with van der Waals surface area (Å²) >= 11 is 0. The number of fused-ring (bicyclic) bond motifs is 3. The van der Waals surface area contributed by atoms with E-state index in [0.717, 1.165) is 22.3 Å². The molecule has 1 aliphatic rings. The van der Waals surface area contributed by atoms with E-state index >= 15 is 0 Å². The van der Waals surface area contributed by atoms with E-state index in [0.29, 0.717) is 6.42 Å². The highest BCUT2D eigenvalue weighted by Crippen LogP contribution is 2.44. The number of amides is 2. The van der Waals surface area contributed by atoms with Crippen molar-refractivity contribution >= 4 is 18.0 Å². The summed E-state index contributed by atoms with van der Waals surface area (Å²) in [5, 5.41) is 13.9. The Labute approximate surface area is 193 Å². The highest BCUT2D eigenvalue weighted by Gasteiger charge is 2.30. The van der Waals surface area contributed by atoms with Gasteiger partial charge in [0.25, 0.3) is 0 Å². The zero-order chi connectivity index (χ0) is 23.8. The van der Waals surface area contributed by atoms with Crippen molar-refractivity contribution in [3.8, 4) is 11.1 Å². The standard InChI is InChI=1S/C25H30N2O6/c1-3-16(2)23(24(30)26-12-13-32-15-22(28)29)27-25(31)33-14-21-19-10-6-4-8-17(19)18-9-5-7-11-20(18)21/h4-11,16,21,23H,3,12-15H2,1-2H3,(H,26,30)(H,27,31)(H,28,29)/t16-,23-/m0/s1. The third-order valence-corrected chi connectivity index (χ3v) is 5.88. The molecule has 3 rings (SSSR count). The monoisotopic (exact) mass is 454 g/mol. The number of rotatable bonds is 11. The van der Waals surface area contributed by atoms with Gasteiger partial charge in [-0.2, -0.15) is 0 Å². The number of hydrogen-bond acceptors (Lipinski definition) is 5. The summed E-state index contributed by atoms with van der Waals surface area (Å²) in [6.07, 6.45) is 0.0245. The van der Waals surface area contributed by atoms with Crippen LogP contribution in [0.1, 0.15) is 37.3 Å². The zero-order valence-corrected chi connectivity index (χ0v) is 18.9. The molecule has 2 atom stereocenters. The molecule has 33 heavy (non-hydrogen) atoms. The predicted octanol–water partition coefficient (Wildman–Crippen LogP) is 3.16. The summed E-state index contributed by atoms with van der Waals surface area (Å²) in [6.45, 7) is 3.75. The molecule has 0 radical (unpaired) electrons. The first-order valence-corrected chi connectivity index (χ1v) is 11.1. The molecule has 0 bridgehead atoms. The van der Waals surface area contributed by atoms with Gasteiger partial charge in [0.15, 0.2) is 0 Å². The van der Waals surface area contributed by atoms with Crippen LogP contribution in [0.15, 0.2) is 48.5 Å². The average Bonchev–Trinajstić information content (AvgIpc) is 3.14. The van der Waals surface area contributed by atoms with E-state index in [9.17, 15) is 14.4 Å². The van der Waals surface area contributed by atoms with E-state index < -0.39 is 24.7 Å². The van der Waals surface area contributed by atoms with Gasteiger partial charge in [-0.1, -0.05) is 68.8 Å². The molecule has 8 heteroatoms. The highest BCUT2D eigenvalue weighted by molar-refractivity contribution is 5.86. The molecule has 0 spiro atoms. The van der Waals surface area contributed by atoms with Crippen LogP contribution in [0.25, 0.3) is 11.1 Å². The summed E-state index contributed by atoms with van der Waals surface area (Å²) in [6, 6.07) is 15.4. The molecule has 0 unspecified atom stereocenters. The van der Waals surface area contributed by atoms with Crippen LogP contribution in [0.4, 0.5) is 4.79 Å². The Balaban J connectivity index is 1.57. The Morgan fingerprint density at radius 1 is 1.03 bits per heavy atom. The van der Waals surface area contributed by atoms with Crippen molar-refractivity contribution in [2.45, 2.75) is 32.2 Å². The Morgan fingerprint density at radius 3 is 2.21 bits per heavy atom. The van der Waals surface area contributed by atoms with E-state index in [2.05, 4.69) is 22.8 Å². The summed E-state index contributed by atoms with van der Waals surface area (Å²) in [5.74, 6) is -1.62. The molecule has 0 saturated heterocycles. The van der Waals surface area contributed by atoms with Gasteiger partial charge in [-0.25, -0.2) is 9.59 Å². The van der Waals surface area contributed by atoms with Gasteiger partial charge in [-0.15, -0.1) is 0 Å². The van der Waals surface area contributed by atoms with Crippen LogP contribution >= 0.6 is 0 Å². The quantitative estimate of drug-likeness (QED) is 0.450. The lowest BCUT2D eigenvalue weighted by molar-refractivity contribution is -0.142. The van der Waals surface area contributed by atoms with Gasteiger partial charge < -0.3 is 25.2 Å². The molecular weight excluding hydrogens is 424 g/mol. The first-order valence-electron chi connectivity index (χ1n) is 11.1. The maximum absolute atomic E-state index is 12.6. The minimum Gasteiger partial charge on any atom is -0.480 e. The number of benzene rings is 2. The molecular formula is C25H30N2O6. The highest BCUT2D eigenvalue weighted by atomic mass is 16.5. The van der Waals surface area contributed by atoms with Gasteiger partial charge >= 0.3 is 12.1 Å². The summed E-state index contributed by atoms with van der Waals surface area (Å²) in [7, 11) is 0. The smallest absolute Gasteiger partial charge is 0.407 e. The third-order valence-electron chi connectivity index (χ3n) is 5.88. The molecule has 3 N–H and O–H groups in total. The number of carboxylic acid groups (broad SMARTS) is 1. The van der Waals surface area contributed by atoms with E-state index in [1.54, 1.807) is 0 Å². The Morgan fingerprint density at radius 2 is 1.64 bits per heavy atom. The van der Waals surface area contributed by atoms with Gasteiger partial charge in [-0.05, 0) is 28.2 Å². The molecule has 0 saturated carbocycles. The molecule has 0 aliphatic heterocycles. The number of ether oxygens (including phenoxy) is 2. The summed E-state index contributed by atoms with van der Waals surface area (Å²) in [4.78, 5) is 35.7. The van der Waals surface area contributed by atoms with Crippen LogP contribution in [-0.4, -0.2) is 55.5 Å². The van der Waals surface area contributed by atoms with Crippen molar-refractivity contribution in [1.29, 1.82) is 0 Å². The van der Waals surface area contributed by atoms with Crippen molar-refractivity contribution in [3.05, 3.63) is 59.7 Å². The number of carbonyl (C=O) groups excluding carboxylic acids is 2. The fourth-order valence-corrected chi connectivity index (χ4v) is 3.98. The number of carbonyl (C=O) groups is 3. The van der Waals surface area contributed by atoms with Crippen molar-refractivity contribution in [2.24, 2.45) is 5.92 Å². The fraction of sp³-hybridized carbons (Fsp3) is 0.400. The second kappa shape index (κ2) is 11.5. The largest absolute Gasteiger partial charge is 0.480 e. The SMILES string of the molecule is CC[C@H](C)[C@H](NC(=O)OCC1c2ccccc2-c2ccccc21)C(=O)NCCOCC(=O)O. The van der Waals surface area contributed by atoms with E-state index in [1.807, 2.05) is 50.2 Å². The molecule has 0 aromatic heterocycles. The minimum absolute atomic E-state index is 0.0644. The number of carboxylic acids is 1. The normalized spacial score (nSPS) is 14.0. The van der Waals surface area contributed by atoms with Gasteiger partial charge in [0.1, 0.15) is 19.3 Å². The van der Waals surface area contributed by atoms with Crippen molar-refractivity contribution in [1.82, 2.24) is 10.6 Å². The van der Waals surface area contributed by atoms with Crippen molar-refractivity contribution in [2.75, 3.05) is 26.4 Å². The van der Waals surface area contributed by atoms with Gasteiger partial charge in [-0.3, -0.25) is 4.79 Å². The fourth-order valence-electron chi connectivity index (χ4n) is 3.98. The molecule has 2 amide bonds. The molecule has 176 valence electrons. The lowest BCUT2D eigenvalue weighted by atomic mass is 9.98.